The summed E-state index contributed by atoms with van der Waals surface area (Å²) in [5.74, 6) is -0.786. The fourth-order valence-corrected chi connectivity index (χ4v) is 1.48. The highest BCUT2D eigenvalue weighted by Crippen LogP contribution is 1.98. The zero-order valence-corrected chi connectivity index (χ0v) is 18.5. The van der Waals surface area contributed by atoms with E-state index in [9.17, 15) is 4.79 Å². The van der Waals surface area contributed by atoms with E-state index < -0.39 is 5.97 Å². The molecule has 0 atom stereocenters. The van der Waals surface area contributed by atoms with Gasteiger partial charge in [-0.1, -0.05) is 138 Å². The molecule has 0 radical (unpaired) electrons. The number of hydrogen-bond donors (Lipinski definition) is 1. The Bertz CT molecular complexity index is 450. The van der Waals surface area contributed by atoms with Crippen LogP contribution in [0.15, 0.2) is 60.7 Å². The fourth-order valence-electron chi connectivity index (χ4n) is 1.48. The number of aliphatic carboxylic acids is 1. The first kappa shape index (κ1) is 40.6. The molecule has 2 nitrogen and oxygen atoms in total. The third kappa shape index (κ3) is 31.7. The summed E-state index contributed by atoms with van der Waals surface area (Å²) >= 11 is 0. The first-order valence-corrected chi connectivity index (χ1v) is 10.0. The summed E-state index contributed by atoms with van der Waals surface area (Å²) in [6, 6.07) is 19.6. The van der Waals surface area contributed by atoms with Gasteiger partial charge in [-0.3, -0.25) is 4.79 Å². The maximum atomic E-state index is 10.2. The standard InChI is InChI=1S/C8H8O2.C8H10.4C2H6.2CH4/c9-8(10)6-7-4-2-1-3-5-7;1-2-8-6-4-3-5-7-8;4*1-2;;/h1-5H,6H2,(H,9,10);3-7H,2H2,1H3;4*1-2H3;2*1H4. The minimum Gasteiger partial charge on any atom is -0.481 e. The molecule has 0 aliphatic rings. The van der Waals surface area contributed by atoms with Crippen LogP contribution in [0, 0.1) is 0 Å². The van der Waals surface area contributed by atoms with Crippen LogP contribution >= 0.6 is 0 Å². The van der Waals surface area contributed by atoms with Gasteiger partial charge in [0.1, 0.15) is 0 Å². The van der Waals surface area contributed by atoms with Gasteiger partial charge in [-0.05, 0) is 17.5 Å². The minimum absolute atomic E-state index is 0. The molecule has 0 saturated carbocycles. The number of benzene rings is 2. The second-order valence-electron chi connectivity index (χ2n) is 3.90. The van der Waals surface area contributed by atoms with E-state index in [1.54, 1.807) is 12.1 Å². The van der Waals surface area contributed by atoms with Crippen LogP contribution in [0.1, 0.15) is 88.3 Å². The van der Waals surface area contributed by atoms with Gasteiger partial charge in [0.05, 0.1) is 6.42 Å². The fraction of sp³-hybridized carbons (Fsp3) is 0.500. The second kappa shape index (κ2) is 39.8. The van der Waals surface area contributed by atoms with Crippen molar-refractivity contribution in [2.24, 2.45) is 0 Å². The topological polar surface area (TPSA) is 37.3 Å². The van der Waals surface area contributed by atoms with Gasteiger partial charge in [-0.2, -0.15) is 0 Å². The summed E-state index contributed by atoms with van der Waals surface area (Å²) < 4.78 is 0. The molecule has 0 amide bonds. The molecule has 0 saturated heterocycles. The van der Waals surface area contributed by atoms with Crippen molar-refractivity contribution in [3.05, 3.63) is 71.8 Å². The summed E-state index contributed by atoms with van der Waals surface area (Å²) in [5.41, 5.74) is 2.25. The van der Waals surface area contributed by atoms with Crippen molar-refractivity contribution in [1.29, 1.82) is 0 Å². The first-order chi connectivity index (χ1) is 12.7. The number of carbonyl (C=O) groups is 1. The third-order valence-electron chi connectivity index (χ3n) is 2.45. The van der Waals surface area contributed by atoms with Gasteiger partial charge < -0.3 is 5.11 Å². The van der Waals surface area contributed by atoms with Crippen molar-refractivity contribution < 1.29 is 9.90 Å². The molecule has 2 rings (SSSR count). The van der Waals surface area contributed by atoms with Gasteiger partial charge in [-0.25, -0.2) is 0 Å². The number of hydrogen-bond acceptors (Lipinski definition) is 1. The molecule has 0 aromatic heterocycles. The Morgan fingerprint density at radius 1 is 0.643 bits per heavy atom. The van der Waals surface area contributed by atoms with Gasteiger partial charge >= 0.3 is 5.97 Å². The average Bonchev–Trinajstić information content (AvgIpc) is 2.75. The highest BCUT2D eigenvalue weighted by atomic mass is 16.4. The zero-order chi connectivity index (χ0) is 21.2. The lowest BCUT2D eigenvalue weighted by molar-refractivity contribution is -0.136. The van der Waals surface area contributed by atoms with Crippen molar-refractivity contribution in [2.75, 3.05) is 0 Å². The lowest BCUT2D eigenvalue weighted by Gasteiger charge is -1.92. The highest BCUT2D eigenvalue weighted by Gasteiger charge is 1.96. The molecule has 0 fully saturated rings. The molecule has 166 valence electrons. The van der Waals surface area contributed by atoms with Crippen molar-refractivity contribution in [3.8, 4) is 0 Å². The van der Waals surface area contributed by atoms with Crippen LogP contribution in [-0.4, -0.2) is 11.1 Å². The van der Waals surface area contributed by atoms with E-state index in [-0.39, 0.29) is 21.3 Å². The Hall–Kier alpha value is -2.09. The van der Waals surface area contributed by atoms with E-state index >= 15 is 0 Å². The second-order valence-corrected chi connectivity index (χ2v) is 3.90. The van der Waals surface area contributed by atoms with E-state index in [0.29, 0.717) is 0 Å². The molecule has 2 heteroatoms. The smallest absolute Gasteiger partial charge is 0.307 e. The van der Waals surface area contributed by atoms with Crippen LogP contribution in [0.5, 0.6) is 0 Å². The summed E-state index contributed by atoms with van der Waals surface area (Å²) in [4.78, 5) is 10.2. The largest absolute Gasteiger partial charge is 0.481 e. The van der Waals surface area contributed by atoms with Gasteiger partial charge in [0.25, 0.3) is 0 Å². The van der Waals surface area contributed by atoms with Gasteiger partial charge in [0.2, 0.25) is 0 Å². The third-order valence-corrected chi connectivity index (χ3v) is 2.45. The molecule has 0 aliphatic carbocycles. The SMILES string of the molecule is C.C.CC.CC.CC.CC.CCc1ccccc1.O=C(O)Cc1ccccc1. The average molecular weight is 395 g/mol. The molecule has 0 heterocycles. The maximum Gasteiger partial charge on any atom is 0.307 e. The quantitative estimate of drug-likeness (QED) is 0.564. The van der Waals surface area contributed by atoms with E-state index in [1.165, 1.54) is 5.56 Å². The molecular formula is C26H50O2. The molecule has 0 aliphatic heterocycles. The molecule has 1 N–H and O–H groups in total. The van der Waals surface area contributed by atoms with E-state index in [4.69, 9.17) is 5.11 Å². The lowest BCUT2D eigenvalue weighted by atomic mass is 10.2. The van der Waals surface area contributed by atoms with E-state index in [1.807, 2.05) is 79.7 Å². The predicted molar refractivity (Wildman–Crippen MR) is 132 cm³/mol. The maximum absolute atomic E-state index is 10.2. The molecular weight excluding hydrogens is 344 g/mol. The number of carboxylic acid groups (broad SMARTS) is 1. The number of carboxylic acids is 1. The van der Waals surface area contributed by atoms with Crippen LogP contribution in [0.3, 0.4) is 0 Å². The lowest BCUT2D eigenvalue weighted by Crippen LogP contribution is -1.98. The van der Waals surface area contributed by atoms with Crippen LogP contribution in [-0.2, 0) is 17.6 Å². The molecule has 2 aromatic rings. The van der Waals surface area contributed by atoms with Crippen LogP contribution < -0.4 is 0 Å². The van der Waals surface area contributed by atoms with Crippen molar-refractivity contribution in [1.82, 2.24) is 0 Å². The summed E-state index contributed by atoms with van der Waals surface area (Å²) in [5, 5.41) is 8.37. The molecule has 0 unspecified atom stereocenters. The van der Waals surface area contributed by atoms with E-state index in [2.05, 4.69) is 31.2 Å². The Morgan fingerprint density at radius 2 is 0.929 bits per heavy atom. The van der Waals surface area contributed by atoms with Gasteiger partial charge in [0.15, 0.2) is 0 Å². The molecule has 2 aromatic carbocycles. The van der Waals surface area contributed by atoms with Crippen LogP contribution in [0.25, 0.3) is 0 Å². The zero-order valence-electron chi connectivity index (χ0n) is 18.5. The van der Waals surface area contributed by atoms with Crippen molar-refractivity contribution >= 4 is 5.97 Å². The van der Waals surface area contributed by atoms with Crippen LogP contribution in [0.2, 0.25) is 0 Å². The Kier molecular flexibility index (Phi) is 57.7. The minimum atomic E-state index is -0.786. The summed E-state index contributed by atoms with van der Waals surface area (Å²) in [7, 11) is 0. The molecule has 0 bridgehead atoms. The van der Waals surface area contributed by atoms with Crippen molar-refractivity contribution in [3.63, 3.8) is 0 Å². The Morgan fingerprint density at radius 3 is 1.14 bits per heavy atom. The van der Waals surface area contributed by atoms with Gasteiger partial charge in [-0.15, -0.1) is 0 Å². The van der Waals surface area contributed by atoms with Crippen molar-refractivity contribution in [2.45, 2.75) is 90.0 Å². The molecule has 28 heavy (non-hydrogen) atoms. The normalized spacial score (nSPS) is 6.75. The van der Waals surface area contributed by atoms with Crippen LogP contribution in [0.4, 0.5) is 0 Å². The monoisotopic (exact) mass is 394 g/mol. The molecule has 0 spiro atoms. The highest BCUT2D eigenvalue weighted by molar-refractivity contribution is 5.70. The number of rotatable bonds is 3. The Labute approximate surface area is 178 Å². The first-order valence-electron chi connectivity index (χ1n) is 10.0. The Balaban J connectivity index is -0.0000000610. The van der Waals surface area contributed by atoms with E-state index in [0.717, 1.165) is 12.0 Å². The predicted octanol–water partition coefficient (Wildman–Crippen LogP) is 8.94. The number of aryl methyl sites for hydroxylation is 1. The van der Waals surface area contributed by atoms with Gasteiger partial charge in [0, 0.05) is 0 Å². The summed E-state index contributed by atoms with van der Waals surface area (Å²) in [6.07, 6.45) is 1.25. The summed E-state index contributed by atoms with van der Waals surface area (Å²) in [6.45, 7) is 18.2.